The second-order valence-corrected chi connectivity index (χ2v) is 3.69. The third kappa shape index (κ3) is 4.10. The van der Waals surface area contributed by atoms with Gasteiger partial charge in [-0.05, 0) is 19.1 Å². The van der Waals surface area contributed by atoms with Gasteiger partial charge in [0.2, 0.25) is 0 Å². The molecule has 0 bridgehead atoms. The molecule has 0 aliphatic heterocycles. The van der Waals surface area contributed by atoms with Gasteiger partial charge in [0.25, 0.3) is 0 Å². The Morgan fingerprint density at radius 2 is 2.24 bits per heavy atom. The van der Waals surface area contributed by atoms with Gasteiger partial charge in [-0.15, -0.1) is 0 Å². The lowest BCUT2D eigenvalue weighted by atomic mass is 10.3. The molecule has 1 aromatic rings. The summed E-state index contributed by atoms with van der Waals surface area (Å²) in [5.41, 5.74) is 0.744. The van der Waals surface area contributed by atoms with Gasteiger partial charge in [-0.2, -0.15) is 0 Å². The average molecular weight is 237 g/mol. The van der Waals surface area contributed by atoms with Gasteiger partial charge in [-0.3, -0.25) is 9.78 Å². The largest absolute Gasteiger partial charge is 0.480 e. The zero-order valence-corrected chi connectivity index (χ0v) is 9.75. The molecule has 0 aliphatic carbocycles. The number of urea groups is 1. The summed E-state index contributed by atoms with van der Waals surface area (Å²) in [5.74, 6) is -1.07. The van der Waals surface area contributed by atoms with Gasteiger partial charge in [0.05, 0.1) is 12.2 Å². The van der Waals surface area contributed by atoms with E-state index in [1.54, 1.807) is 25.4 Å². The Morgan fingerprint density at radius 3 is 2.76 bits per heavy atom. The van der Waals surface area contributed by atoms with Gasteiger partial charge in [-0.25, -0.2) is 4.79 Å². The first-order valence-electron chi connectivity index (χ1n) is 5.15. The molecule has 0 spiro atoms. The summed E-state index contributed by atoms with van der Waals surface area (Å²) < 4.78 is 0. The fourth-order valence-corrected chi connectivity index (χ4v) is 1.16. The number of carbonyl (C=O) groups excluding carboxylic acids is 1. The minimum Gasteiger partial charge on any atom is -0.480 e. The van der Waals surface area contributed by atoms with Gasteiger partial charge in [0.15, 0.2) is 0 Å². The van der Waals surface area contributed by atoms with Crippen molar-refractivity contribution < 1.29 is 14.7 Å². The van der Waals surface area contributed by atoms with Gasteiger partial charge < -0.3 is 15.3 Å². The number of amides is 2. The van der Waals surface area contributed by atoms with E-state index in [1.807, 2.05) is 6.07 Å². The number of hydrogen-bond acceptors (Lipinski definition) is 3. The summed E-state index contributed by atoms with van der Waals surface area (Å²) in [7, 11) is 1.58. The normalized spacial score (nSPS) is 11.6. The summed E-state index contributed by atoms with van der Waals surface area (Å²) >= 11 is 0. The average Bonchev–Trinajstić information content (AvgIpc) is 2.29. The molecule has 2 N–H and O–H groups in total. The molecule has 0 fully saturated rings. The van der Waals surface area contributed by atoms with E-state index in [0.717, 1.165) is 5.69 Å². The fourth-order valence-electron chi connectivity index (χ4n) is 1.16. The van der Waals surface area contributed by atoms with Crippen LogP contribution in [0, 0.1) is 0 Å². The van der Waals surface area contributed by atoms with Crippen molar-refractivity contribution in [3.63, 3.8) is 0 Å². The molecular formula is C11H15N3O3. The molecule has 1 rings (SSSR count). The predicted molar refractivity (Wildman–Crippen MR) is 61.3 cm³/mol. The smallest absolute Gasteiger partial charge is 0.325 e. The van der Waals surface area contributed by atoms with Crippen LogP contribution in [0.15, 0.2) is 24.4 Å². The van der Waals surface area contributed by atoms with Crippen LogP contribution in [-0.2, 0) is 11.3 Å². The molecule has 1 aromatic heterocycles. The Bertz CT molecular complexity index is 394. The summed E-state index contributed by atoms with van der Waals surface area (Å²) in [6, 6.07) is 4.06. The van der Waals surface area contributed by atoms with Crippen molar-refractivity contribution in [2.45, 2.75) is 19.5 Å². The molecule has 1 atom stereocenters. The number of nitrogens with zero attached hydrogens (tertiary/aromatic N) is 2. The molecule has 6 nitrogen and oxygen atoms in total. The summed E-state index contributed by atoms with van der Waals surface area (Å²) in [6.07, 6.45) is 1.64. The summed E-state index contributed by atoms with van der Waals surface area (Å²) in [5, 5.41) is 11.0. The van der Waals surface area contributed by atoms with Gasteiger partial charge in [0.1, 0.15) is 6.04 Å². The van der Waals surface area contributed by atoms with Crippen molar-refractivity contribution in [2.24, 2.45) is 0 Å². The van der Waals surface area contributed by atoms with Crippen molar-refractivity contribution in [1.29, 1.82) is 0 Å². The Balaban J connectivity index is 2.50. The number of carboxylic acids is 1. The molecule has 17 heavy (non-hydrogen) atoms. The molecule has 0 aliphatic rings. The first-order valence-corrected chi connectivity index (χ1v) is 5.15. The van der Waals surface area contributed by atoms with E-state index in [-0.39, 0.29) is 0 Å². The minimum absolute atomic E-state index is 0.332. The molecule has 1 heterocycles. The van der Waals surface area contributed by atoms with Crippen LogP contribution < -0.4 is 5.32 Å². The van der Waals surface area contributed by atoms with Crippen LogP contribution in [0.5, 0.6) is 0 Å². The Labute approximate surface area is 99.3 Å². The maximum atomic E-state index is 11.6. The Hall–Kier alpha value is -2.11. The zero-order valence-electron chi connectivity index (χ0n) is 9.75. The lowest BCUT2D eigenvalue weighted by Crippen LogP contribution is -2.44. The van der Waals surface area contributed by atoms with Crippen molar-refractivity contribution in [3.8, 4) is 0 Å². The molecule has 92 valence electrons. The second-order valence-electron chi connectivity index (χ2n) is 3.69. The van der Waals surface area contributed by atoms with Crippen molar-refractivity contribution in [2.75, 3.05) is 7.05 Å². The van der Waals surface area contributed by atoms with Gasteiger partial charge in [-0.1, -0.05) is 6.07 Å². The van der Waals surface area contributed by atoms with Crippen molar-refractivity contribution in [1.82, 2.24) is 15.2 Å². The van der Waals surface area contributed by atoms with Crippen LogP contribution in [0.25, 0.3) is 0 Å². The number of pyridine rings is 1. The quantitative estimate of drug-likeness (QED) is 0.807. The molecule has 0 aromatic carbocycles. The molecule has 0 saturated carbocycles. The number of aromatic nitrogens is 1. The fraction of sp³-hybridized carbons (Fsp3) is 0.364. The molecule has 1 unspecified atom stereocenters. The predicted octanol–water partition coefficient (Wildman–Crippen LogP) is 0.696. The molecular weight excluding hydrogens is 222 g/mol. The van der Waals surface area contributed by atoms with E-state index < -0.39 is 18.0 Å². The van der Waals surface area contributed by atoms with Crippen LogP contribution >= 0.6 is 0 Å². The number of carbonyl (C=O) groups is 2. The van der Waals surface area contributed by atoms with E-state index in [1.165, 1.54) is 11.8 Å². The van der Waals surface area contributed by atoms with E-state index in [0.29, 0.717) is 6.54 Å². The maximum absolute atomic E-state index is 11.6. The second kappa shape index (κ2) is 5.83. The van der Waals surface area contributed by atoms with Crippen LogP contribution in [0.1, 0.15) is 12.6 Å². The number of hydrogen-bond donors (Lipinski definition) is 2. The first-order chi connectivity index (χ1) is 8.00. The van der Waals surface area contributed by atoms with Crippen LogP contribution in [0.2, 0.25) is 0 Å². The van der Waals surface area contributed by atoms with Gasteiger partial charge in [0, 0.05) is 13.2 Å². The third-order valence-corrected chi connectivity index (χ3v) is 2.18. The van der Waals surface area contributed by atoms with Crippen LogP contribution in [0.4, 0.5) is 4.79 Å². The highest BCUT2D eigenvalue weighted by molar-refractivity contribution is 5.82. The first kappa shape index (κ1) is 13.0. The minimum atomic E-state index is -1.07. The molecule has 0 radical (unpaired) electrons. The molecule has 6 heteroatoms. The topological polar surface area (TPSA) is 82.5 Å². The summed E-state index contributed by atoms with van der Waals surface area (Å²) in [4.78, 5) is 27.6. The number of nitrogens with one attached hydrogen (secondary N) is 1. The lowest BCUT2D eigenvalue weighted by Gasteiger charge is -2.19. The number of rotatable bonds is 4. The van der Waals surface area contributed by atoms with Gasteiger partial charge >= 0.3 is 12.0 Å². The molecule has 2 amide bonds. The van der Waals surface area contributed by atoms with Crippen LogP contribution in [0.3, 0.4) is 0 Å². The zero-order chi connectivity index (χ0) is 12.8. The Kier molecular flexibility index (Phi) is 4.45. The highest BCUT2D eigenvalue weighted by Crippen LogP contribution is 1.99. The monoisotopic (exact) mass is 237 g/mol. The van der Waals surface area contributed by atoms with Crippen LogP contribution in [-0.4, -0.2) is 40.1 Å². The highest BCUT2D eigenvalue weighted by Gasteiger charge is 2.16. The van der Waals surface area contributed by atoms with E-state index >= 15 is 0 Å². The third-order valence-electron chi connectivity index (χ3n) is 2.18. The molecule has 0 saturated heterocycles. The van der Waals surface area contributed by atoms with E-state index in [4.69, 9.17) is 5.11 Å². The number of carboxylic acid groups (broad SMARTS) is 1. The number of aliphatic carboxylic acids is 1. The standard InChI is InChI=1S/C11H15N3O3/c1-8(10(15)16)13-11(17)14(2)7-9-5-3-4-6-12-9/h3-6,8H,7H2,1-2H3,(H,13,17)(H,15,16). The highest BCUT2D eigenvalue weighted by atomic mass is 16.4. The van der Waals surface area contributed by atoms with Crippen molar-refractivity contribution >= 4 is 12.0 Å². The van der Waals surface area contributed by atoms with E-state index in [2.05, 4.69) is 10.3 Å². The van der Waals surface area contributed by atoms with Crippen molar-refractivity contribution in [3.05, 3.63) is 30.1 Å². The lowest BCUT2D eigenvalue weighted by molar-refractivity contribution is -0.138. The van der Waals surface area contributed by atoms with E-state index in [9.17, 15) is 9.59 Å². The summed E-state index contributed by atoms with van der Waals surface area (Å²) in [6.45, 7) is 1.74. The maximum Gasteiger partial charge on any atom is 0.325 e. The SMILES string of the molecule is CC(NC(=O)N(C)Cc1ccccn1)C(=O)O. The Morgan fingerprint density at radius 1 is 1.53 bits per heavy atom.